The van der Waals surface area contributed by atoms with Gasteiger partial charge in [0.15, 0.2) is 0 Å². The van der Waals surface area contributed by atoms with Crippen LogP contribution in [0.4, 0.5) is 4.79 Å². The molecule has 16 heavy (non-hydrogen) atoms. The summed E-state index contributed by atoms with van der Waals surface area (Å²) in [7, 11) is 1.77. The third-order valence-electron chi connectivity index (χ3n) is 3.22. The number of nitrogens with two attached hydrogens (primary N) is 1. The Balaban J connectivity index is 4.49. The maximum atomic E-state index is 11.8. The number of hydrogen-bond donors (Lipinski definition) is 1. The van der Waals surface area contributed by atoms with Crippen LogP contribution in [-0.2, 0) is 4.74 Å². The number of hydrogen-bond acceptors (Lipinski definition) is 3. The molecule has 4 nitrogen and oxygen atoms in total. The van der Waals surface area contributed by atoms with E-state index in [0.29, 0.717) is 19.1 Å². The molecule has 0 saturated carbocycles. The highest BCUT2D eigenvalue weighted by Gasteiger charge is 2.33. The lowest BCUT2D eigenvalue weighted by atomic mass is 9.91. The van der Waals surface area contributed by atoms with Crippen LogP contribution in [0, 0.1) is 5.92 Å². The molecule has 0 saturated heterocycles. The Labute approximate surface area is 99.1 Å². The highest BCUT2D eigenvalue weighted by atomic mass is 16.6. The number of likely N-dealkylation sites (N-methyl/N-ethyl adjacent to an activating group) is 1. The molecule has 0 aromatic heterocycles. The summed E-state index contributed by atoms with van der Waals surface area (Å²) < 4.78 is 5.21. The third kappa shape index (κ3) is 3.67. The molecule has 0 aliphatic rings. The SMILES string of the molecule is CCC(CC)(CN)N(C)C(=O)OCC(C)C. The van der Waals surface area contributed by atoms with Gasteiger partial charge < -0.3 is 15.4 Å². The Morgan fingerprint density at radius 2 is 1.88 bits per heavy atom. The van der Waals surface area contributed by atoms with Gasteiger partial charge in [0.25, 0.3) is 0 Å². The lowest BCUT2D eigenvalue weighted by Gasteiger charge is -2.39. The van der Waals surface area contributed by atoms with Gasteiger partial charge in [0, 0.05) is 13.6 Å². The fourth-order valence-corrected chi connectivity index (χ4v) is 1.68. The minimum absolute atomic E-state index is 0.270. The van der Waals surface area contributed by atoms with Gasteiger partial charge >= 0.3 is 6.09 Å². The molecule has 0 atom stereocenters. The van der Waals surface area contributed by atoms with E-state index >= 15 is 0 Å². The standard InChI is InChI=1S/C12H26N2O2/c1-6-12(7-2,9-13)14(5)11(15)16-8-10(3)4/h10H,6-9,13H2,1-5H3. The molecule has 0 aliphatic carbocycles. The number of carbonyl (C=O) groups excluding carboxylic acids is 1. The topological polar surface area (TPSA) is 55.6 Å². The van der Waals surface area contributed by atoms with E-state index in [-0.39, 0.29) is 11.6 Å². The minimum atomic E-state index is -0.275. The average molecular weight is 230 g/mol. The van der Waals surface area contributed by atoms with Crippen molar-refractivity contribution in [3.05, 3.63) is 0 Å². The zero-order valence-corrected chi connectivity index (χ0v) is 11.2. The van der Waals surface area contributed by atoms with Gasteiger partial charge in [0.05, 0.1) is 12.1 Å². The molecular formula is C12H26N2O2. The normalized spacial score (nSPS) is 11.7. The molecule has 0 rings (SSSR count). The van der Waals surface area contributed by atoms with Crippen LogP contribution in [0.2, 0.25) is 0 Å². The molecule has 0 aromatic rings. The van der Waals surface area contributed by atoms with Crippen molar-refractivity contribution in [3.63, 3.8) is 0 Å². The average Bonchev–Trinajstić information content (AvgIpc) is 2.28. The van der Waals surface area contributed by atoms with Gasteiger partial charge in [0.2, 0.25) is 0 Å². The summed E-state index contributed by atoms with van der Waals surface area (Å²) in [4.78, 5) is 13.5. The van der Waals surface area contributed by atoms with Crippen LogP contribution in [0.3, 0.4) is 0 Å². The quantitative estimate of drug-likeness (QED) is 0.761. The minimum Gasteiger partial charge on any atom is -0.449 e. The molecule has 0 aromatic carbocycles. The molecule has 0 heterocycles. The van der Waals surface area contributed by atoms with E-state index in [4.69, 9.17) is 10.5 Å². The van der Waals surface area contributed by atoms with E-state index < -0.39 is 0 Å². The summed E-state index contributed by atoms with van der Waals surface area (Å²) >= 11 is 0. The highest BCUT2D eigenvalue weighted by molar-refractivity contribution is 5.68. The summed E-state index contributed by atoms with van der Waals surface area (Å²) in [5.74, 6) is 0.355. The van der Waals surface area contributed by atoms with Crippen molar-refractivity contribution < 1.29 is 9.53 Å². The Bertz CT molecular complexity index is 205. The monoisotopic (exact) mass is 230 g/mol. The first-order chi connectivity index (χ1) is 7.43. The van der Waals surface area contributed by atoms with Gasteiger partial charge in [-0.1, -0.05) is 27.7 Å². The van der Waals surface area contributed by atoms with Gasteiger partial charge in [-0.15, -0.1) is 0 Å². The molecule has 0 aliphatic heterocycles. The lowest BCUT2D eigenvalue weighted by molar-refractivity contribution is 0.0554. The van der Waals surface area contributed by atoms with Crippen LogP contribution in [0.15, 0.2) is 0 Å². The second kappa shape index (κ2) is 6.74. The van der Waals surface area contributed by atoms with Gasteiger partial charge in [-0.2, -0.15) is 0 Å². The van der Waals surface area contributed by atoms with Crippen molar-refractivity contribution in [2.45, 2.75) is 46.1 Å². The highest BCUT2D eigenvalue weighted by Crippen LogP contribution is 2.22. The summed E-state index contributed by atoms with van der Waals surface area (Å²) in [5.41, 5.74) is 5.50. The number of carbonyl (C=O) groups is 1. The Morgan fingerprint density at radius 3 is 2.19 bits per heavy atom. The fraction of sp³-hybridized carbons (Fsp3) is 0.917. The van der Waals surface area contributed by atoms with E-state index in [1.807, 2.05) is 27.7 Å². The first kappa shape index (κ1) is 15.2. The number of nitrogens with zero attached hydrogens (tertiary/aromatic N) is 1. The molecule has 0 fully saturated rings. The van der Waals surface area contributed by atoms with E-state index in [2.05, 4.69) is 0 Å². The van der Waals surface area contributed by atoms with Crippen molar-refractivity contribution in [2.75, 3.05) is 20.2 Å². The molecule has 2 N–H and O–H groups in total. The van der Waals surface area contributed by atoms with Crippen LogP contribution in [0.5, 0.6) is 0 Å². The second-order valence-electron chi connectivity index (χ2n) is 4.67. The molecule has 0 radical (unpaired) electrons. The lowest BCUT2D eigenvalue weighted by Crippen LogP contribution is -2.54. The predicted molar refractivity (Wildman–Crippen MR) is 66.3 cm³/mol. The number of rotatable bonds is 6. The number of amides is 1. The van der Waals surface area contributed by atoms with Crippen LogP contribution in [-0.4, -0.2) is 36.7 Å². The maximum Gasteiger partial charge on any atom is 0.410 e. The Morgan fingerprint density at radius 1 is 1.38 bits per heavy atom. The van der Waals surface area contributed by atoms with Crippen molar-refractivity contribution in [2.24, 2.45) is 11.7 Å². The molecule has 0 spiro atoms. The van der Waals surface area contributed by atoms with Gasteiger partial charge in [0.1, 0.15) is 0 Å². The first-order valence-electron chi connectivity index (χ1n) is 6.04. The summed E-state index contributed by atoms with van der Waals surface area (Å²) in [5, 5.41) is 0. The van der Waals surface area contributed by atoms with Crippen molar-refractivity contribution in [1.82, 2.24) is 4.90 Å². The molecule has 1 amide bonds. The number of ether oxygens (including phenoxy) is 1. The molecule has 96 valence electrons. The van der Waals surface area contributed by atoms with Crippen molar-refractivity contribution in [3.8, 4) is 0 Å². The van der Waals surface area contributed by atoms with E-state index in [9.17, 15) is 4.79 Å². The zero-order chi connectivity index (χ0) is 12.8. The summed E-state index contributed by atoms with van der Waals surface area (Å²) in [6.07, 6.45) is 1.41. The maximum absolute atomic E-state index is 11.8. The van der Waals surface area contributed by atoms with Crippen LogP contribution in [0.1, 0.15) is 40.5 Å². The van der Waals surface area contributed by atoms with E-state index in [0.717, 1.165) is 12.8 Å². The summed E-state index contributed by atoms with van der Waals surface area (Å²) in [6.45, 7) is 9.04. The largest absolute Gasteiger partial charge is 0.449 e. The van der Waals surface area contributed by atoms with Crippen LogP contribution >= 0.6 is 0 Å². The first-order valence-corrected chi connectivity index (χ1v) is 6.04. The summed E-state index contributed by atoms with van der Waals surface area (Å²) in [6, 6.07) is 0. The van der Waals surface area contributed by atoms with Crippen molar-refractivity contribution in [1.29, 1.82) is 0 Å². The zero-order valence-electron chi connectivity index (χ0n) is 11.2. The Kier molecular flexibility index (Phi) is 6.41. The van der Waals surface area contributed by atoms with Crippen molar-refractivity contribution >= 4 is 6.09 Å². The molecule has 0 unspecified atom stereocenters. The van der Waals surface area contributed by atoms with Gasteiger partial charge in [-0.05, 0) is 18.8 Å². The smallest absolute Gasteiger partial charge is 0.410 e. The Hall–Kier alpha value is -0.770. The second-order valence-corrected chi connectivity index (χ2v) is 4.67. The predicted octanol–water partition coefficient (Wildman–Crippen LogP) is 2.23. The van der Waals surface area contributed by atoms with Crippen LogP contribution < -0.4 is 5.73 Å². The van der Waals surface area contributed by atoms with Crippen LogP contribution in [0.25, 0.3) is 0 Å². The molecule has 0 bridgehead atoms. The van der Waals surface area contributed by atoms with E-state index in [1.165, 1.54) is 0 Å². The molecule has 4 heteroatoms. The van der Waals surface area contributed by atoms with Gasteiger partial charge in [-0.25, -0.2) is 4.79 Å². The van der Waals surface area contributed by atoms with Gasteiger partial charge in [-0.3, -0.25) is 0 Å². The van der Waals surface area contributed by atoms with E-state index in [1.54, 1.807) is 11.9 Å². The molecular weight excluding hydrogens is 204 g/mol. The fourth-order valence-electron chi connectivity index (χ4n) is 1.68. The third-order valence-corrected chi connectivity index (χ3v) is 3.22.